The highest BCUT2D eigenvalue weighted by atomic mass is 35.5. The summed E-state index contributed by atoms with van der Waals surface area (Å²) < 4.78 is 80.4. The number of aryl methyl sites for hydroxylation is 1. The lowest BCUT2D eigenvalue weighted by atomic mass is 9.95. The van der Waals surface area contributed by atoms with Crippen molar-refractivity contribution in [2.24, 2.45) is 0 Å². The second-order valence-corrected chi connectivity index (χ2v) is 9.72. The van der Waals surface area contributed by atoms with Gasteiger partial charge in [-0.3, -0.25) is 9.59 Å². The van der Waals surface area contributed by atoms with Crippen molar-refractivity contribution in [1.29, 1.82) is 0 Å². The van der Waals surface area contributed by atoms with Crippen molar-refractivity contribution in [3.63, 3.8) is 0 Å². The second kappa shape index (κ2) is 11.7. The number of nitrogens with one attached hydrogen (secondary N) is 1. The van der Waals surface area contributed by atoms with E-state index in [1.165, 1.54) is 24.4 Å². The number of ketones is 1. The van der Waals surface area contributed by atoms with Crippen LogP contribution in [0.2, 0.25) is 10.0 Å². The number of aromatic nitrogens is 6. The van der Waals surface area contributed by atoms with Crippen LogP contribution in [0.1, 0.15) is 56.0 Å². The number of hydrogen-bond acceptors (Lipinski definition) is 6. The molecular formula is C25H19Cl2F6N7O2. The molecule has 0 bridgehead atoms. The Kier molecular flexibility index (Phi) is 8.64. The lowest BCUT2D eigenvalue weighted by Gasteiger charge is -2.13. The molecule has 42 heavy (non-hydrogen) atoms. The number of hydrogen-bond donors (Lipinski definition) is 1. The molecule has 4 rings (SSSR count). The monoisotopic (exact) mass is 633 g/mol. The SMILES string of the molecule is CCNC(=O)c1cc(Cl)cc(C)c1CC(=O)c1cc(Cn2nc(C(F)(F)F)c(C(F)(F)F)n2)nn1-c1ncccc1Cl. The van der Waals surface area contributed by atoms with Crippen LogP contribution in [0.5, 0.6) is 0 Å². The molecule has 0 saturated heterocycles. The number of carbonyl (C=O) groups is 2. The average Bonchev–Trinajstić information content (AvgIpc) is 3.51. The maximum Gasteiger partial charge on any atom is 0.437 e. The fourth-order valence-electron chi connectivity index (χ4n) is 4.06. The fourth-order valence-corrected chi connectivity index (χ4v) is 4.54. The Morgan fingerprint density at radius 3 is 2.19 bits per heavy atom. The summed E-state index contributed by atoms with van der Waals surface area (Å²) in [7, 11) is 0. The average molecular weight is 634 g/mol. The molecule has 0 spiro atoms. The molecule has 17 heteroatoms. The zero-order valence-electron chi connectivity index (χ0n) is 21.6. The van der Waals surface area contributed by atoms with Gasteiger partial charge in [-0.05, 0) is 55.3 Å². The van der Waals surface area contributed by atoms with Gasteiger partial charge in [0.25, 0.3) is 5.91 Å². The van der Waals surface area contributed by atoms with Crippen molar-refractivity contribution < 1.29 is 35.9 Å². The smallest absolute Gasteiger partial charge is 0.352 e. The summed E-state index contributed by atoms with van der Waals surface area (Å²) in [6, 6.07) is 7.05. The Hall–Kier alpha value is -3.98. The normalized spacial score (nSPS) is 12.0. The number of amides is 1. The van der Waals surface area contributed by atoms with Crippen molar-refractivity contribution in [1.82, 2.24) is 35.1 Å². The van der Waals surface area contributed by atoms with E-state index >= 15 is 0 Å². The van der Waals surface area contributed by atoms with Crippen molar-refractivity contribution in [2.75, 3.05) is 6.54 Å². The third-order valence-corrected chi connectivity index (χ3v) is 6.35. The van der Waals surface area contributed by atoms with Gasteiger partial charge in [0.2, 0.25) is 0 Å². The zero-order chi connectivity index (χ0) is 31.0. The van der Waals surface area contributed by atoms with E-state index in [-0.39, 0.29) is 44.0 Å². The van der Waals surface area contributed by atoms with E-state index in [0.717, 1.165) is 10.7 Å². The summed E-state index contributed by atoms with van der Waals surface area (Å²) in [4.78, 5) is 30.6. The summed E-state index contributed by atoms with van der Waals surface area (Å²) in [5, 5.41) is 13.1. The van der Waals surface area contributed by atoms with Crippen LogP contribution in [0.15, 0.2) is 36.5 Å². The van der Waals surface area contributed by atoms with Gasteiger partial charge in [0.05, 0.1) is 10.7 Å². The summed E-state index contributed by atoms with van der Waals surface area (Å²) >= 11 is 12.4. The van der Waals surface area contributed by atoms with Crippen LogP contribution in [0.25, 0.3) is 5.82 Å². The number of halogens is 8. The van der Waals surface area contributed by atoms with Crippen molar-refractivity contribution in [3.05, 3.63) is 86.0 Å². The maximum atomic E-state index is 13.6. The molecule has 0 atom stereocenters. The highest BCUT2D eigenvalue weighted by Gasteiger charge is 2.48. The Bertz CT molecular complexity index is 1630. The van der Waals surface area contributed by atoms with Gasteiger partial charge in [-0.25, -0.2) is 9.67 Å². The van der Waals surface area contributed by atoms with Crippen LogP contribution in [0, 0.1) is 6.92 Å². The van der Waals surface area contributed by atoms with Gasteiger partial charge in [-0.15, -0.1) is 10.2 Å². The van der Waals surface area contributed by atoms with E-state index in [2.05, 4.69) is 25.6 Å². The highest BCUT2D eigenvalue weighted by Crippen LogP contribution is 2.38. The number of benzene rings is 1. The molecule has 4 aromatic rings. The standard InChI is InChI=1S/C25H19Cl2F6N7O2/c1-3-34-23(42)16-8-13(26)7-12(2)15(16)10-19(41)18-9-14(36-40(18)22-17(27)5-4-6-35-22)11-39-37-20(24(28,29)30)21(38-39)25(31,32)33/h4-9H,3,10-11H2,1-2H3,(H,34,42). The van der Waals surface area contributed by atoms with Crippen LogP contribution in [-0.2, 0) is 25.3 Å². The first-order chi connectivity index (χ1) is 19.6. The van der Waals surface area contributed by atoms with Gasteiger partial charge >= 0.3 is 12.4 Å². The number of nitrogens with zero attached hydrogens (tertiary/aromatic N) is 6. The predicted molar refractivity (Wildman–Crippen MR) is 138 cm³/mol. The highest BCUT2D eigenvalue weighted by molar-refractivity contribution is 6.32. The number of Topliss-reactive ketones (excluding diaryl/α,β-unsaturated/α-hetero) is 1. The van der Waals surface area contributed by atoms with E-state index in [1.54, 1.807) is 19.9 Å². The third-order valence-electron chi connectivity index (χ3n) is 5.84. The van der Waals surface area contributed by atoms with Gasteiger partial charge in [0.1, 0.15) is 12.2 Å². The predicted octanol–water partition coefficient (Wildman–Crippen LogP) is 5.74. The van der Waals surface area contributed by atoms with E-state index in [1.807, 2.05) is 0 Å². The molecule has 1 amide bonds. The minimum absolute atomic E-state index is 0.0362. The Balaban J connectivity index is 1.79. The van der Waals surface area contributed by atoms with E-state index < -0.39 is 42.0 Å². The molecule has 9 nitrogen and oxygen atoms in total. The summed E-state index contributed by atoms with van der Waals surface area (Å²) in [6.45, 7) is 2.90. The van der Waals surface area contributed by atoms with Crippen LogP contribution < -0.4 is 5.32 Å². The Morgan fingerprint density at radius 2 is 1.62 bits per heavy atom. The van der Waals surface area contributed by atoms with E-state index in [0.29, 0.717) is 17.7 Å². The number of carbonyl (C=O) groups excluding carboxylic acids is 2. The first-order valence-electron chi connectivity index (χ1n) is 12.0. The van der Waals surface area contributed by atoms with Crippen LogP contribution in [0.3, 0.4) is 0 Å². The molecule has 3 aromatic heterocycles. The lowest BCUT2D eigenvalue weighted by Crippen LogP contribution is -2.25. The molecule has 3 heterocycles. The number of pyridine rings is 1. The fraction of sp³-hybridized carbons (Fsp3) is 0.280. The first-order valence-corrected chi connectivity index (χ1v) is 12.8. The van der Waals surface area contributed by atoms with E-state index in [4.69, 9.17) is 23.2 Å². The quantitative estimate of drug-likeness (QED) is 0.196. The topological polar surface area (TPSA) is 108 Å². The van der Waals surface area contributed by atoms with Crippen molar-refractivity contribution in [2.45, 2.75) is 39.2 Å². The summed E-state index contributed by atoms with van der Waals surface area (Å²) in [5.74, 6) is -1.13. The minimum Gasteiger partial charge on any atom is -0.352 e. The lowest BCUT2D eigenvalue weighted by molar-refractivity contribution is -0.165. The molecule has 0 saturated carbocycles. The van der Waals surface area contributed by atoms with Crippen molar-refractivity contribution in [3.8, 4) is 5.82 Å². The molecule has 0 radical (unpaired) electrons. The van der Waals surface area contributed by atoms with Crippen LogP contribution >= 0.6 is 23.2 Å². The molecule has 1 aromatic carbocycles. The molecule has 0 aliphatic rings. The number of rotatable bonds is 8. The molecule has 0 aliphatic carbocycles. The minimum atomic E-state index is -5.43. The van der Waals surface area contributed by atoms with Crippen LogP contribution in [0.4, 0.5) is 26.3 Å². The second-order valence-electron chi connectivity index (χ2n) is 8.87. The van der Waals surface area contributed by atoms with Crippen molar-refractivity contribution >= 4 is 34.9 Å². The molecule has 0 aliphatic heterocycles. The Morgan fingerprint density at radius 1 is 0.976 bits per heavy atom. The third kappa shape index (κ3) is 6.57. The maximum absolute atomic E-state index is 13.6. The summed E-state index contributed by atoms with van der Waals surface area (Å²) in [6.07, 6.45) is -9.86. The van der Waals surface area contributed by atoms with Gasteiger partial charge < -0.3 is 5.32 Å². The Labute approximate surface area is 243 Å². The first kappa shape index (κ1) is 31.0. The van der Waals surface area contributed by atoms with Gasteiger partial charge in [0.15, 0.2) is 23.0 Å². The molecule has 0 fully saturated rings. The molecular weight excluding hydrogens is 615 g/mol. The van der Waals surface area contributed by atoms with Gasteiger partial charge in [-0.1, -0.05) is 23.2 Å². The summed E-state index contributed by atoms with van der Waals surface area (Å²) in [5.41, 5.74) is -3.74. The largest absolute Gasteiger partial charge is 0.437 e. The van der Waals surface area contributed by atoms with Gasteiger partial charge in [-0.2, -0.15) is 36.2 Å². The number of alkyl halides is 6. The zero-order valence-corrected chi connectivity index (χ0v) is 23.1. The molecule has 222 valence electrons. The van der Waals surface area contributed by atoms with Crippen LogP contribution in [-0.4, -0.2) is 48.0 Å². The van der Waals surface area contributed by atoms with E-state index in [9.17, 15) is 35.9 Å². The molecule has 1 N–H and O–H groups in total. The molecule has 0 unspecified atom stereocenters. The van der Waals surface area contributed by atoms with Gasteiger partial charge in [0, 0.05) is 29.7 Å².